The Morgan fingerprint density at radius 3 is 3.06 bits per heavy atom. The predicted octanol–water partition coefficient (Wildman–Crippen LogP) is 1.80. The average Bonchev–Trinajstić information content (AvgIpc) is 2.91. The Labute approximate surface area is 102 Å². The van der Waals surface area contributed by atoms with Crippen molar-refractivity contribution in [2.45, 2.75) is 19.3 Å². The summed E-state index contributed by atoms with van der Waals surface area (Å²) >= 11 is 0. The van der Waals surface area contributed by atoms with Crippen LogP contribution in [0.25, 0.3) is 0 Å². The normalized spacial score (nSPS) is 22.6. The molecule has 1 aromatic rings. The smallest absolute Gasteiger partial charge is 0.119 e. The van der Waals surface area contributed by atoms with Crippen LogP contribution >= 0.6 is 0 Å². The van der Waals surface area contributed by atoms with Gasteiger partial charge in [0.05, 0.1) is 19.5 Å². The highest BCUT2D eigenvalue weighted by Crippen LogP contribution is 2.29. The monoisotopic (exact) mass is 230 g/mol. The molecule has 1 aliphatic heterocycles. The van der Waals surface area contributed by atoms with E-state index in [4.69, 9.17) is 4.74 Å². The highest BCUT2D eigenvalue weighted by atomic mass is 16.5. The topological polar surface area (TPSA) is 33.6 Å². The molecular weight excluding hydrogens is 212 g/mol. The molecule has 17 heavy (non-hydrogen) atoms. The number of hydrogen-bond acceptors (Lipinski definition) is 3. The van der Waals surface area contributed by atoms with Gasteiger partial charge >= 0.3 is 0 Å². The Hall–Kier alpha value is -1.51. The Kier molecular flexibility index (Phi) is 2.75. The molecule has 1 atom stereocenters. The fourth-order valence-corrected chi connectivity index (χ4v) is 2.78. The summed E-state index contributed by atoms with van der Waals surface area (Å²) in [7, 11) is 1.73. The van der Waals surface area contributed by atoms with Gasteiger partial charge < -0.3 is 10.1 Å². The second kappa shape index (κ2) is 4.40. The van der Waals surface area contributed by atoms with Gasteiger partial charge in [0.25, 0.3) is 0 Å². The number of aryl methyl sites for hydroxylation is 1. The third-order valence-electron chi connectivity index (χ3n) is 3.73. The van der Waals surface area contributed by atoms with Crippen molar-refractivity contribution in [3.05, 3.63) is 29.3 Å². The van der Waals surface area contributed by atoms with Gasteiger partial charge in [-0.15, -0.1) is 0 Å². The number of hydrogen-bond donors (Lipinski definition) is 1. The van der Waals surface area contributed by atoms with Gasteiger partial charge in [0.2, 0.25) is 0 Å². The highest BCUT2D eigenvalue weighted by molar-refractivity contribution is 5.86. The van der Waals surface area contributed by atoms with Crippen molar-refractivity contribution < 1.29 is 4.74 Å². The summed E-state index contributed by atoms with van der Waals surface area (Å²) in [6.07, 6.45) is 3.45. The third kappa shape index (κ3) is 2.02. The fraction of sp³-hybridized carbons (Fsp3) is 0.500. The zero-order valence-corrected chi connectivity index (χ0v) is 10.2. The van der Waals surface area contributed by atoms with Gasteiger partial charge in [-0.25, -0.2) is 0 Å². The molecule has 1 aromatic carbocycles. The van der Waals surface area contributed by atoms with Crippen LogP contribution in [0.5, 0.6) is 5.75 Å². The van der Waals surface area contributed by atoms with Gasteiger partial charge in [-0.2, -0.15) is 0 Å². The summed E-state index contributed by atoms with van der Waals surface area (Å²) < 4.78 is 5.27. The van der Waals surface area contributed by atoms with E-state index in [9.17, 15) is 0 Å². The van der Waals surface area contributed by atoms with E-state index in [1.54, 1.807) is 7.11 Å². The second-order valence-electron chi connectivity index (χ2n) is 4.77. The first-order chi connectivity index (χ1) is 8.36. The molecule has 0 radical (unpaired) electrons. The number of rotatable bonds is 2. The van der Waals surface area contributed by atoms with Crippen molar-refractivity contribution in [1.82, 2.24) is 5.32 Å². The number of ether oxygens (including phenoxy) is 1. The molecule has 0 spiro atoms. The van der Waals surface area contributed by atoms with Crippen molar-refractivity contribution in [3.8, 4) is 5.75 Å². The molecule has 1 heterocycles. The second-order valence-corrected chi connectivity index (χ2v) is 4.77. The first kappa shape index (κ1) is 10.6. The van der Waals surface area contributed by atoms with Crippen LogP contribution in [-0.4, -0.2) is 26.0 Å². The summed E-state index contributed by atoms with van der Waals surface area (Å²) in [5, 5.41) is 3.40. The molecule has 0 saturated carbocycles. The van der Waals surface area contributed by atoms with E-state index in [1.807, 2.05) is 0 Å². The Morgan fingerprint density at radius 2 is 2.29 bits per heavy atom. The zero-order valence-electron chi connectivity index (χ0n) is 10.2. The minimum absolute atomic E-state index is 0.596. The number of amidine groups is 1. The molecule has 0 amide bonds. The lowest BCUT2D eigenvalue weighted by molar-refractivity contribution is 0.413. The van der Waals surface area contributed by atoms with Crippen molar-refractivity contribution >= 4 is 5.84 Å². The third-order valence-corrected chi connectivity index (χ3v) is 3.73. The van der Waals surface area contributed by atoms with Crippen LogP contribution in [-0.2, 0) is 12.8 Å². The van der Waals surface area contributed by atoms with E-state index >= 15 is 0 Å². The average molecular weight is 230 g/mol. The Morgan fingerprint density at radius 1 is 1.35 bits per heavy atom. The highest BCUT2D eigenvalue weighted by Gasteiger charge is 2.24. The van der Waals surface area contributed by atoms with Gasteiger partial charge in [-0.05, 0) is 42.5 Å². The van der Waals surface area contributed by atoms with E-state index in [2.05, 4.69) is 28.5 Å². The number of methoxy groups -OCH3 is 1. The molecular formula is C14H18N2O. The van der Waals surface area contributed by atoms with Gasteiger partial charge in [0.15, 0.2) is 0 Å². The number of aliphatic imine (C=N–C) groups is 1. The molecule has 1 N–H and O–H groups in total. The van der Waals surface area contributed by atoms with Crippen LogP contribution in [0.1, 0.15) is 17.5 Å². The summed E-state index contributed by atoms with van der Waals surface area (Å²) in [5.74, 6) is 2.79. The zero-order chi connectivity index (χ0) is 11.7. The summed E-state index contributed by atoms with van der Waals surface area (Å²) in [5.41, 5.74) is 2.90. The van der Waals surface area contributed by atoms with Crippen LogP contribution in [0.4, 0.5) is 0 Å². The lowest BCUT2D eigenvalue weighted by Gasteiger charge is -2.25. The Balaban J connectivity index is 1.81. The van der Waals surface area contributed by atoms with Crippen LogP contribution in [0.15, 0.2) is 23.2 Å². The molecule has 90 valence electrons. The number of nitrogens with one attached hydrogen (secondary N) is 1. The van der Waals surface area contributed by atoms with E-state index in [1.165, 1.54) is 23.4 Å². The minimum Gasteiger partial charge on any atom is -0.497 e. The van der Waals surface area contributed by atoms with E-state index in [0.29, 0.717) is 5.92 Å². The quantitative estimate of drug-likeness (QED) is 0.840. The minimum atomic E-state index is 0.596. The van der Waals surface area contributed by atoms with Gasteiger partial charge in [-0.1, -0.05) is 6.07 Å². The number of fused-ring (bicyclic) bond motifs is 1. The lowest BCUT2D eigenvalue weighted by atomic mass is 9.83. The molecule has 0 aromatic heterocycles. The Bertz CT molecular complexity index is 454. The van der Waals surface area contributed by atoms with Crippen molar-refractivity contribution in [2.24, 2.45) is 10.9 Å². The van der Waals surface area contributed by atoms with Crippen LogP contribution in [0.2, 0.25) is 0 Å². The van der Waals surface area contributed by atoms with Crippen molar-refractivity contribution in [3.63, 3.8) is 0 Å². The fourth-order valence-electron chi connectivity index (χ4n) is 2.78. The van der Waals surface area contributed by atoms with Gasteiger partial charge in [-0.3, -0.25) is 4.99 Å². The molecule has 1 aliphatic carbocycles. The maximum Gasteiger partial charge on any atom is 0.119 e. The maximum atomic E-state index is 5.27. The standard InChI is InChI=1S/C14H18N2O/c1-17-13-5-4-10-8-12(3-2-11(10)9-13)14-15-6-7-16-14/h4-5,9,12H,2-3,6-8H2,1H3,(H,15,16). The van der Waals surface area contributed by atoms with E-state index in [-0.39, 0.29) is 0 Å². The van der Waals surface area contributed by atoms with Crippen molar-refractivity contribution in [1.29, 1.82) is 0 Å². The van der Waals surface area contributed by atoms with Crippen molar-refractivity contribution in [2.75, 3.05) is 20.2 Å². The molecule has 0 bridgehead atoms. The van der Waals surface area contributed by atoms with E-state index in [0.717, 1.165) is 31.7 Å². The van der Waals surface area contributed by atoms with Crippen LogP contribution < -0.4 is 10.1 Å². The molecule has 1 unspecified atom stereocenters. The molecule has 2 aliphatic rings. The molecule has 3 nitrogen and oxygen atoms in total. The van der Waals surface area contributed by atoms with Gasteiger partial charge in [0, 0.05) is 12.5 Å². The first-order valence-electron chi connectivity index (χ1n) is 6.31. The summed E-state index contributed by atoms with van der Waals surface area (Å²) in [6.45, 7) is 1.96. The SMILES string of the molecule is COc1ccc2c(c1)CCC(C1=NCCN1)C2. The first-order valence-corrected chi connectivity index (χ1v) is 6.31. The van der Waals surface area contributed by atoms with Crippen LogP contribution in [0.3, 0.4) is 0 Å². The number of benzene rings is 1. The van der Waals surface area contributed by atoms with E-state index < -0.39 is 0 Å². The summed E-state index contributed by atoms with van der Waals surface area (Å²) in [4.78, 5) is 4.55. The lowest BCUT2D eigenvalue weighted by Crippen LogP contribution is -2.31. The van der Waals surface area contributed by atoms with Gasteiger partial charge in [0.1, 0.15) is 5.75 Å². The maximum absolute atomic E-state index is 5.27. The predicted molar refractivity (Wildman–Crippen MR) is 68.8 cm³/mol. The molecule has 0 fully saturated rings. The molecule has 0 saturated heterocycles. The largest absolute Gasteiger partial charge is 0.497 e. The molecule has 3 rings (SSSR count). The summed E-state index contributed by atoms with van der Waals surface area (Å²) in [6, 6.07) is 6.44. The molecule has 3 heteroatoms. The van der Waals surface area contributed by atoms with Crippen LogP contribution in [0, 0.1) is 5.92 Å². The number of nitrogens with zero attached hydrogens (tertiary/aromatic N) is 1.